The van der Waals surface area contributed by atoms with Crippen LogP contribution in [0.5, 0.6) is 0 Å². The molecule has 0 bridgehead atoms. The lowest BCUT2D eigenvalue weighted by Gasteiger charge is -2.15. The molecule has 2 rings (SSSR count). The van der Waals surface area contributed by atoms with Gasteiger partial charge in [-0.25, -0.2) is 4.98 Å². The molecule has 2 aromatic rings. The minimum absolute atomic E-state index is 0. The number of fused-ring (bicyclic) bond motifs is 1. The first kappa shape index (κ1) is 18.7. The number of hydrogen-bond donors (Lipinski definition) is 3. The molecule has 0 aliphatic heterocycles. The molecule has 0 aliphatic rings. The van der Waals surface area contributed by atoms with Gasteiger partial charge in [-0.2, -0.15) is 0 Å². The van der Waals surface area contributed by atoms with Gasteiger partial charge in [0.1, 0.15) is 5.82 Å². The van der Waals surface area contributed by atoms with Gasteiger partial charge < -0.3 is 16.0 Å². The van der Waals surface area contributed by atoms with Crippen LogP contribution in [0.2, 0.25) is 0 Å². The van der Waals surface area contributed by atoms with Crippen LogP contribution in [0.4, 0.5) is 5.69 Å². The summed E-state index contributed by atoms with van der Waals surface area (Å²) in [6.45, 7) is 5.74. The number of nitrogens with one attached hydrogen (secondary N) is 2. The summed E-state index contributed by atoms with van der Waals surface area (Å²) in [6, 6.07) is 5.06. The van der Waals surface area contributed by atoms with E-state index in [0.717, 1.165) is 22.5 Å². The largest absolute Gasteiger partial charge is 0.342 e. The molecular weight excluding hydrogens is 299 g/mol. The quantitative estimate of drug-likeness (QED) is 0.813. The molecule has 5 nitrogen and oxygen atoms in total. The highest BCUT2D eigenvalue weighted by Crippen LogP contribution is 2.17. The van der Waals surface area contributed by atoms with Crippen LogP contribution in [0.15, 0.2) is 18.2 Å². The van der Waals surface area contributed by atoms with Crippen molar-refractivity contribution in [3.05, 3.63) is 24.0 Å². The third-order valence-electron chi connectivity index (χ3n) is 2.89. The van der Waals surface area contributed by atoms with Gasteiger partial charge >= 0.3 is 0 Å². The van der Waals surface area contributed by atoms with Crippen LogP contribution in [0, 0.1) is 12.8 Å². The molecule has 7 heteroatoms. The number of amides is 1. The maximum Gasteiger partial charge on any atom is 0.241 e. The lowest BCUT2D eigenvalue weighted by atomic mass is 10.0. The molecule has 1 aromatic carbocycles. The number of carbonyl (C=O) groups excluding carboxylic acids is 1. The van der Waals surface area contributed by atoms with Crippen molar-refractivity contribution >= 4 is 47.4 Å². The van der Waals surface area contributed by atoms with Gasteiger partial charge in [-0.1, -0.05) is 13.8 Å². The average Bonchev–Trinajstić information content (AvgIpc) is 2.67. The fraction of sp³-hybridized carbons (Fsp3) is 0.385. The Hall–Kier alpha value is -1.30. The highest BCUT2D eigenvalue weighted by atomic mass is 35.5. The Morgan fingerprint density at radius 2 is 2.00 bits per heavy atom. The summed E-state index contributed by atoms with van der Waals surface area (Å²) < 4.78 is 0. The van der Waals surface area contributed by atoms with Gasteiger partial charge in [0.25, 0.3) is 0 Å². The predicted octanol–water partition coefficient (Wildman–Crippen LogP) is 2.64. The molecule has 20 heavy (non-hydrogen) atoms. The molecule has 1 aromatic heterocycles. The number of carbonyl (C=O) groups is 1. The van der Waals surface area contributed by atoms with E-state index in [1.165, 1.54) is 0 Å². The van der Waals surface area contributed by atoms with Gasteiger partial charge in [0, 0.05) is 5.69 Å². The van der Waals surface area contributed by atoms with E-state index in [1.807, 2.05) is 39.0 Å². The normalized spacial score (nSPS) is 11.7. The Morgan fingerprint density at radius 3 is 2.60 bits per heavy atom. The van der Waals surface area contributed by atoms with Crippen molar-refractivity contribution in [1.82, 2.24) is 9.97 Å². The summed E-state index contributed by atoms with van der Waals surface area (Å²) in [5, 5.41) is 2.81. The third kappa shape index (κ3) is 4.10. The minimum Gasteiger partial charge on any atom is -0.342 e. The number of H-pyrrole nitrogens is 1. The monoisotopic (exact) mass is 318 g/mol. The number of imidazole rings is 1. The van der Waals surface area contributed by atoms with Crippen LogP contribution in [0.1, 0.15) is 19.7 Å². The number of rotatable bonds is 3. The van der Waals surface area contributed by atoms with E-state index in [9.17, 15) is 4.79 Å². The fourth-order valence-corrected chi connectivity index (χ4v) is 1.74. The van der Waals surface area contributed by atoms with Crippen molar-refractivity contribution in [1.29, 1.82) is 0 Å². The Bertz CT molecular complexity index is 583. The molecule has 1 atom stereocenters. The first-order chi connectivity index (χ1) is 8.47. The van der Waals surface area contributed by atoms with E-state index in [-0.39, 0.29) is 36.6 Å². The van der Waals surface area contributed by atoms with Crippen LogP contribution < -0.4 is 11.1 Å². The lowest BCUT2D eigenvalue weighted by Crippen LogP contribution is -2.39. The van der Waals surface area contributed by atoms with Crippen molar-refractivity contribution in [2.45, 2.75) is 26.8 Å². The maximum absolute atomic E-state index is 11.8. The molecule has 0 aliphatic carbocycles. The van der Waals surface area contributed by atoms with E-state index in [2.05, 4.69) is 15.3 Å². The number of aromatic nitrogens is 2. The molecule has 1 heterocycles. The number of anilines is 1. The Balaban J connectivity index is 0.00000180. The van der Waals surface area contributed by atoms with E-state index in [1.54, 1.807) is 0 Å². The second-order valence-corrected chi connectivity index (χ2v) is 4.81. The maximum atomic E-state index is 11.8. The Morgan fingerprint density at radius 1 is 1.35 bits per heavy atom. The zero-order valence-electron chi connectivity index (χ0n) is 11.6. The second-order valence-electron chi connectivity index (χ2n) is 4.81. The predicted molar refractivity (Wildman–Crippen MR) is 86.8 cm³/mol. The van der Waals surface area contributed by atoms with Crippen LogP contribution in [-0.4, -0.2) is 21.9 Å². The summed E-state index contributed by atoms with van der Waals surface area (Å²) in [5.41, 5.74) is 8.31. The van der Waals surface area contributed by atoms with Crippen molar-refractivity contribution in [3.8, 4) is 0 Å². The van der Waals surface area contributed by atoms with Crippen molar-refractivity contribution < 1.29 is 4.79 Å². The number of nitrogens with two attached hydrogens (primary N) is 1. The van der Waals surface area contributed by atoms with Crippen LogP contribution in [0.3, 0.4) is 0 Å². The molecule has 0 spiro atoms. The molecule has 0 fully saturated rings. The molecule has 1 amide bonds. The van der Waals surface area contributed by atoms with E-state index >= 15 is 0 Å². The van der Waals surface area contributed by atoms with Gasteiger partial charge in [-0.3, -0.25) is 4.79 Å². The molecule has 0 saturated heterocycles. The summed E-state index contributed by atoms with van der Waals surface area (Å²) in [6.07, 6.45) is 0. The number of benzene rings is 1. The van der Waals surface area contributed by atoms with Gasteiger partial charge in [0.15, 0.2) is 0 Å². The van der Waals surface area contributed by atoms with Crippen molar-refractivity contribution in [2.75, 3.05) is 5.32 Å². The smallest absolute Gasteiger partial charge is 0.241 e. The van der Waals surface area contributed by atoms with Gasteiger partial charge in [-0.05, 0) is 31.0 Å². The number of aryl methyl sites for hydroxylation is 1. The zero-order chi connectivity index (χ0) is 13.3. The Kier molecular flexibility index (Phi) is 6.99. The first-order valence-corrected chi connectivity index (χ1v) is 6.00. The van der Waals surface area contributed by atoms with E-state index in [4.69, 9.17) is 5.73 Å². The molecular formula is C13H20Cl2N4O. The lowest BCUT2D eigenvalue weighted by molar-refractivity contribution is -0.118. The number of hydrogen-bond acceptors (Lipinski definition) is 3. The van der Waals surface area contributed by atoms with E-state index in [0.29, 0.717) is 0 Å². The molecule has 4 N–H and O–H groups in total. The van der Waals surface area contributed by atoms with Crippen molar-refractivity contribution in [2.24, 2.45) is 11.7 Å². The summed E-state index contributed by atoms with van der Waals surface area (Å²) in [7, 11) is 0. The molecule has 0 saturated carbocycles. The van der Waals surface area contributed by atoms with Crippen LogP contribution in [-0.2, 0) is 4.79 Å². The number of nitrogens with zero attached hydrogens (tertiary/aromatic N) is 1. The molecule has 0 radical (unpaired) electrons. The van der Waals surface area contributed by atoms with Crippen LogP contribution in [0.25, 0.3) is 11.0 Å². The van der Waals surface area contributed by atoms with E-state index < -0.39 is 6.04 Å². The molecule has 0 unspecified atom stereocenters. The van der Waals surface area contributed by atoms with Gasteiger partial charge in [-0.15, -0.1) is 24.8 Å². The first-order valence-electron chi connectivity index (χ1n) is 6.00. The highest BCUT2D eigenvalue weighted by molar-refractivity contribution is 5.96. The standard InChI is InChI=1S/C13H18N4O.2ClH/c1-7(2)12(14)13(18)17-9-4-5-10-11(6-9)16-8(3)15-10;;/h4-7,12H,14H2,1-3H3,(H,15,16)(H,17,18);2*1H/t12-;;/m0../s1. The second kappa shape index (κ2) is 7.47. The molecule has 112 valence electrons. The number of halogens is 2. The van der Waals surface area contributed by atoms with Gasteiger partial charge in [0.2, 0.25) is 5.91 Å². The topological polar surface area (TPSA) is 83.8 Å². The summed E-state index contributed by atoms with van der Waals surface area (Å²) in [4.78, 5) is 19.3. The summed E-state index contributed by atoms with van der Waals surface area (Å²) in [5.74, 6) is 0.802. The minimum atomic E-state index is -0.496. The van der Waals surface area contributed by atoms with Crippen LogP contribution >= 0.6 is 24.8 Å². The SMILES string of the molecule is Cc1nc2ccc(NC(=O)[C@@H](N)C(C)C)cc2[nH]1.Cl.Cl. The Labute approximate surface area is 130 Å². The van der Waals surface area contributed by atoms with Crippen molar-refractivity contribution in [3.63, 3.8) is 0 Å². The zero-order valence-corrected chi connectivity index (χ0v) is 13.3. The fourth-order valence-electron chi connectivity index (χ4n) is 1.74. The summed E-state index contributed by atoms with van der Waals surface area (Å²) >= 11 is 0. The van der Waals surface area contributed by atoms with Gasteiger partial charge in [0.05, 0.1) is 17.1 Å². The highest BCUT2D eigenvalue weighted by Gasteiger charge is 2.17. The average molecular weight is 319 g/mol. The third-order valence-corrected chi connectivity index (χ3v) is 2.89. The number of aromatic amines is 1.